The molecule has 0 aromatic heterocycles. The van der Waals surface area contributed by atoms with Gasteiger partial charge in [0.2, 0.25) is 0 Å². The second-order valence-corrected chi connectivity index (χ2v) is 5.47. The van der Waals surface area contributed by atoms with Crippen molar-refractivity contribution in [1.29, 1.82) is 0 Å². The van der Waals surface area contributed by atoms with E-state index in [-0.39, 0.29) is 11.9 Å². The Morgan fingerprint density at radius 3 is 3.10 bits per heavy atom. The quantitative estimate of drug-likeness (QED) is 0.388. The van der Waals surface area contributed by atoms with Gasteiger partial charge >= 0.3 is 0 Å². The highest BCUT2D eigenvalue weighted by atomic mass is 35.5. The monoisotopic (exact) mass is 297 g/mol. The lowest BCUT2D eigenvalue weighted by Gasteiger charge is -2.22. The molecule has 0 radical (unpaired) electrons. The summed E-state index contributed by atoms with van der Waals surface area (Å²) in [5, 5.41) is 12.3. The normalized spacial score (nSPS) is 21.7. The van der Waals surface area contributed by atoms with E-state index in [1.165, 1.54) is 0 Å². The summed E-state index contributed by atoms with van der Waals surface area (Å²) in [5.74, 6) is 0.0650. The summed E-state index contributed by atoms with van der Waals surface area (Å²) in [6.07, 6.45) is 1.28. The standard InChI is InChI=1S/C14H20ClN3O2/c1-10-8-18(5-2-6-20-10)9-12-4-3-11(7-13(12)15)14(16)17-19/h3-4,7,10,19H,2,5-6,8-9H2,1H3,(H2,16,17). The second kappa shape index (κ2) is 6.92. The van der Waals surface area contributed by atoms with Crippen molar-refractivity contribution in [3.05, 3.63) is 34.3 Å². The summed E-state index contributed by atoms with van der Waals surface area (Å²) in [7, 11) is 0. The molecule has 1 aromatic carbocycles. The van der Waals surface area contributed by atoms with Crippen LogP contribution in [-0.2, 0) is 11.3 Å². The Kier molecular flexibility index (Phi) is 5.23. The Morgan fingerprint density at radius 2 is 2.40 bits per heavy atom. The van der Waals surface area contributed by atoms with Crippen molar-refractivity contribution in [1.82, 2.24) is 4.90 Å². The number of rotatable bonds is 3. The van der Waals surface area contributed by atoms with Crippen LogP contribution in [0.5, 0.6) is 0 Å². The highest BCUT2D eigenvalue weighted by molar-refractivity contribution is 6.31. The molecule has 0 aliphatic carbocycles. The molecular weight excluding hydrogens is 278 g/mol. The summed E-state index contributed by atoms with van der Waals surface area (Å²) in [6, 6.07) is 5.46. The molecule has 1 saturated heterocycles. The molecule has 1 aromatic rings. The first-order valence-electron chi connectivity index (χ1n) is 6.70. The number of nitrogens with zero attached hydrogens (tertiary/aromatic N) is 2. The third kappa shape index (κ3) is 3.85. The van der Waals surface area contributed by atoms with E-state index in [0.29, 0.717) is 10.6 Å². The van der Waals surface area contributed by atoms with Gasteiger partial charge in [0.15, 0.2) is 5.84 Å². The van der Waals surface area contributed by atoms with Crippen LogP contribution in [0, 0.1) is 0 Å². The fourth-order valence-electron chi connectivity index (χ4n) is 2.36. The van der Waals surface area contributed by atoms with Crippen molar-refractivity contribution in [2.24, 2.45) is 10.9 Å². The molecule has 6 heteroatoms. The topological polar surface area (TPSA) is 71.1 Å². The zero-order valence-corrected chi connectivity index (χ0v) is 12.3. The molecule has 1 aliphatic rings. The Hall–Kier alpha value is -1.30. The molecule has 0 saturated carbocycles. The lowest BCUT2D eigenvalue weighted by molar-refractivity contribution is 0.0668. The van der Waals surface area contributed by atoms with Gasteiger partial charge in [-0.2, -0.15) is 0 Å². The fraction of sp³-hybridized carbons (Fsp3) is 0.500. The minimum Gasteiger partial charge on any atom is -0.409 e. The number of oxime groups is 1. The molecule has 1 atom stereocenters. The zero-order chi connectivity index (χ0) is 14.5. The van der Waals surface area contributed by atoms with Crippen LogP contribution in [0.4, 0.5) is 0 Å². The maximum Gasteiger partial charge on any atom is 0.170 e. The number of ether oxygens (including phenoxy) is 1. The van der Waals surface area contributed by atoms with Crippen molar-refractivity contribution in [3.63, 3.8) is 0 Å². The van der Waals surface area contributed by atoms with E-state index in [1.54, 1.807) is 6.07 Å². The zero-order valence-electron chi connectivity index (χ0n) is 11.6. The number of amidine groups is 1. The van der Waals surface area contributed by atoms with E-state index in [0.717, 1.165) is 38.2 Å². The highest BCUT2D eigenvalue weighted by Gasteiger charge is 2.16. The van der Waals surface area contributed by atoms with Crippen molar-refractivity contribution >= 4 is 17.4 Å². The molecule has 2 rings (SSSR count). The van der Waals surface area contributed by atoms with E-state index in [2.05, 4.69) is 17.0 Å². The summed E-state index contributed by atoms with van der Waals surface area (Å²) in [6.45, 7) is 5.58. The van der Waals surface area contributed by atoms with Crippen molar-refractivity contribution < 1.29 is 9.94 Å². The Morgan fingerprint density at radius 1 is 1.60 bits per heavy atom. The van der Waals surface area contributed by atoms with Gasteiger partial charge in [0.25, 0.3) is 0 Å². The van der Waals surface area contributed by atoms with Gasteiger partial charge in [-0.3, -0.25) is 4.90 Å². The van der Waals surface area contributed by atoms with Gasteiger partial charge in [-0.1, -0.05) is 28.9 Å². The lowest BCUT2D eigenvalue weighted by Crippen LogP contribution is -2.29. The molecule has 1 fully saturated rings. The molecule has 1 aliphatic heterocycles. The summed E-state index contributed by atoms with van der Waals surface area (Å²) >= 11 is 6.28. The Bertz CT molecular complexity index is 493. The maximum atomic E-state index is 8.67. The Labute approximate surface area is 124 Å². The van der Waals surface area contributed by atoms with Gasteiger partial charge < -0.3 is 15.7 Å². The highest BCUT2D eigenvalue weighted by Crippen LogP contribution is 2.20. The van der Waals surface area contributed by atoms with Gasteiger partial charge in [-0.05, 0) is 25.0 Å². The third-order valence-corrected chi connectivity index (χ3v) is 3.74. The van der Waals surface area contributed by atoms with E-state index >= 15 is 0 Å². The average Bonchev–Trinajstić information content (AvgIpc) is 2.64. The van der Waals surface area contributed by atoms with E-state index < -0.39 is 0 Å². The molecule has 5 nitrogen and oxygen atoms in total. The van der Waals surface area contributed by atoms with E-state index in [9.17, 15) is 0 Å². The summed E-state index contributed by atoms with van der Waals surface area (Å²) in [4.78, 5) is 2.34. The molecule has 0 spiro atoms. The van der Waals surface area contributed by atoms with Crippen molar-refractivity contribution in [2.45, 2.75) is 26.0 Å². The van der Waals surface area contributed by atoms with E-state index in [1.807, 2.05) is 12.1 Å². The molecule has 20 heavy (non-hydrogen) atoms. The largest absolute Gasteiger partial charge is 0.409 e. The van der Waals surface area contributed by atoms with Crippen LogP contribution in [-0.4, -0.2) is 41.7 Å². The van der Waals surface area contributed by atoms with Crippen LogP contribution in [0.3, 0.4) is 0 Å². The third-order valence-electron chi connectivity index (χ3n) is 3.39. The molecule has 0 bridgehead atoms. The van der Waals surface area contributed by atoms with Crippen LogP contribution in [0.15, 0.2) is 23.4 Å². The van der Waals surface area contributed by atoms with Gasteiger partial charge in [0.05, 0.1) is 6.10 Å². The fourth-order valence-corrected chi connectivity index (χ4v) is 2.60. The van der Waals surface area contributed by atoms with Crippen molar-refractivity contribution in [2.75, 3.05) is 19.7 Å². The van der Waals surface area contributed by atoms with Crippen molar-refractivity contribution in [3.8, 4) is 0 Å². The molecule has 1 heterocycles. The lowest BCUT2D eigenvalue weighted by atomic mass is 10.1. The first-order chi connectivity index (χ1) is 9.60. The molecule has 3 N–H and O–H groups in total. The van der Waals surface area contributed by atoms with Crippen LogP contribution < -0.4 is 5.73 Å². The number of nitrogens with two attached hydrogens (primary N) is 1. The minimum absolute atomic E-state index is 0.0650. The molecular formula is C14H20ClN3O2. The number of halogens is 1. The van der Waals surface area contributed by atoms with Crippen LogP contribution in [0.2, 0.25) is 5.02 Å². The smallest absolute Gasteiger partial charge is 0.170 e. The van der Waals surface area contributed by atoms with Gasteiger partial charge in [0.1, 0.15) is 0 Å². The van der Waals surface area contributed by atoms with Crippen LogP contribution >= 0.6 is 11.6 Å². The predicted octanol–water partition coefficient (Wildman–Crippen LogP) is 2.05. The van der Waals surface area contributed by atoms with Gasteiger partial charge in [-0.15, -0.1) is 0 Å². The minimum atomic E-state index is 0.0650. The summed E-state index contributed by atoms with van der Waals surface area (Å²) < 4.78 is 5.63. The predicted molar refractivity (Wildman–Crippen MR) is 79.3 cm³/mol. The number of benzene rings is 1. The SMILES string of the molecule is CC1CN(Cc2ccc(/C(N)=N/O)cc2Cl)CCCO1. The Balaban J connectivity index is 2.09. The molecule has 110 valence electrons. The molecule has 1 unspecified atom stereocenters. The summed E-state index contributed by atoms with van der Waals surface area (Å²) in [5.41, 5.74) is 7.21. The number of hydrogen-bond donors (Lipinski definition) is 2. The average molecular weight is 298 g/mol. The number of hydrogen-bond acceptors (Lipinski definition) is 4. The first-order valence-corrected chi connectivity index (χ1v) is 7.08. The van der Waals surface area contributed by atoms with Crippen LogP contribution in [0.25, 0.3) is 0 Å². The first kappa shape index (κ1) is 15.1. The van der Waals surface area contributed by atoms with Crippen LogP contribution in [0.1, 0.15) is 24.5 Å². The maximum absolute atomic E-state index is 8.67. The molecule has 0 amide bonds. The van der Waals surface area contributed by atoms with E-state index in [4.69, 9.17) is 27.3 Å². The second-order valence-electron chi connectivity index (χ2n) is 5.06. The van der Waals surface area contributed by atoms with Gasteiger partial charge in [-0.25, -0.2) is 0 Å². The van der Waals surface area contributed by atoms with Gasteiger partial charge in [0, 0.05) is 36.8 Å².